The number of para-hydroxylation sites is 1. The Morgan fingerprint density at radius 3 is 2.33 bits per heavy atom. The van der Waals surface area contributed by atoms with Gasteiger partial charge in [-0.1, -0.05) is 18.2 Å². The van der Waals surface area contributed by atoms with Crippen molar-refractivity contribution in [3.8, 4) is 11.8 Å². The number of carbonyl (C=O) groups is 1. The molecule has 0 spiro atoms. The third-order valence-corrected chi connectivity index (χ3v) is 5.75. The molecule has 4 aromatic rings. The number of hydrogen-bond donors (Lipinski definition) is 2. The standard InChI is InChI=1S/C23H17FN4O4S/c24-20-7-1-2-8-21(20)28-33(30,31)19-6-3-5-16(15-19)22(29)27-17-9-11-18(12-10-17)32-23-25-13-4-14-26-23/h1-15,28H,(H,27,29). The number of halogens is 1. The molecule has 33 heavy (non-hydrogen) atoms. The third kappa shape index (κ3) is 5.49. The lowest BCUT2D eigenvalue weighted by Gasteiger charge is -2.11. The number of carbonyl (C=O) groups excluding carboxylic acids is 1. The van der Waals surface area contributed by atoms with Gasteiger partial charge in [0.25, 0.3) is 15.9 Å². The monoisotopic (exact) mass is 464 g/mol. The van der Waals surface area contributed by atoms with Gasteiger partial charge in [-0.25, -0.2) is 22.8 Å². The molecule has 4 rings (SSSR count). The summed E-state index contributed by atoms with van der Waals surface area (Å²) in [5, 5.41) is 2.69. The second kappa shape index (κ2) is 9.45. The normalized spacial score (nSPS) is 10.9. The minimum atomic E-state index is -4.10. The van der Waals surface area contributed by atoms with Gasteiger partial charge >= 0.3 is 6.01 Å². The number of benzene rings is 3. The minimum absolute atomic E-state index is 0.115. The van der Waals surface area contributed by atoms with Gasteiger partial charge in [-0.05, 0) is 60.7 Å². The van der Waals surface area contributed by atoms with Crippen LogP contribution in [0.15, 0.2) is 96.2 Å². The summed E-state index contributed by atoms with van der Waals surface area (Å²) < 4.78 is 46.8. The molecule has 0 aliphatic carbocycles. The fraction of sp³-hybridized carbons (Fsp3) is 0. The van der Waals surface area contributed by atoms with E-state index < -0.39 is 21.7 Å². The summed E-state index contributed by atoms with van der Waals surface area (Å²) in [6.45, 7) is 0. The highest BCUT2D eigenvalue weighted by atomic mass is 32.2. The number of sulfonamides is 1. The first kappa shape index (κ1) is 21.9. The number of nitrogens with one attached hydrogen (secondary N) is 2. The van der Waals surface area contributed by atoms with Crippen molar-refractivity contribution in [3.63, 3.8) is 0 Å². The molecule has 2 N–H and O–H groups in total. The van der Waals surface area contributed by atoms with Crippen LogP contribution in [0.4, 0.5) is 15.8 Å². The number of aromatic nitrogens is 2. The molecular formula is C23H17FN4O4S. The first-order chi connectivity index (χ1) is 15.9. The molecule has 1 amide bonds. The van der Waals surface area contributed by atoms with E-state index in [0.717, 1.165) is 6.07 Å². The maximum absolute atomic E-state index is 13.8. The smallest absolute Gasteiger partial charge is 0.321 e. The number of rotatable bonds is 7. The largest absolute Gasteiger partial charge is 0.424 e. The van der Waals surface area contributed by atoms with Crippen molar-refractivity contribution in [1.82, 2.24) is 9.97 Å². The Hall–Kier alpha value is -4.31. The third-order valence-electron chi connectivity index (χ3n) is 4.39. The van der Waals surface area contributed by atoms with E-state index in [0.29, 0.717) is 11.4 Å². The Bertz CT molecular complexity index is 1380. The van der Waals surface area contributed by atoms with Crippen LogP contribution >= 0.6 is 0 Å². The van der Waals surface area contributed by atoms with E-state index in [1.54, 1.807) is 42.7 Å². The molecule has 3 aromatic carbocycles. The Morgan fingerprint density at radius 1 is 0.879 bits per heavy atom. The van der Waals surface area contributed by atoms with Gasteiger partial charge in [0.2, 0.25) is 0 Å². The molecule has 0 fully saturated rings. The summed E-state index contributed by atoms with van der Waals surface area (Å²) in [6, 6.07) is 19.2. The van der Waals surface area contributed by atoms with Crippen molar-refractivity contribution in [2.45, 2.75) is 4.90 Å². The van der Waals surface area contributed by atoms with Gasteiger partial charge in [0.05, 0.1) is 10.6 Å². The molecule has 0 aliphatic rings. The van der Waals surface area contributed by atoms with E-state index in [1.165, 1.54) is 42.5 Å². The predicted octanol–water partition coefficient (Wildman–Crippen LogP) is 4.46. The fourth-order valence-corrected chi connectivity index (χ4v) is 3.92. The van der Waals surface area contributed by atoms with Gasteiger partial charge in [0.15, 0.2) is 0 Å². The van der Waals surface area contributed by atoms with E-state index in [1.807, 2.05) is 0 Å². The molecule has 1 aromatic heterocycles. The zero-order valence-corrected chi connectivity index (χ0v) is 17.8. The molecular weight excluding hydrogens is 447 g/mol. The lowest BCUT2D eigenvalue weighted by atomic mass is 10.2. The summed E-state index contributed by atoms with van der Waals surface area (Å²) in [5.41, 5.74) is 0.402. The highest BCUT2D eigenvalue weighted by Gasteiger charge is 2.18. The summed E-state index contributed by atoms with van der Waals surface area (Å²) in [7, 11) is -4.10. The predicted molar refractivity (Wildman–Crippen MR) is 120 cm³/mol. The van der Waals surface area contributed by atoms with Crippen LogP contribution in [0.5, 0.6) is 11.8 Å². The van der Waals surface area contributed by atoms with Crippen LogP contribution in [-0.2, 0) is 10.0 Å². The molecule has 0 unspecified atom stereocenters. The number of ether oxygens (including phenoxy) is 1. The fourth-order valence-electron chi connectivity index (χ4n) is 2.81. The summed E-state index contributed by atoms with van der Waals surface area (Å²) >= 11 is 0. The number of amides is 1. The van der Waals surface area contributed by atoms with E-state index in [9.17, 15) is 17.6 Å². The van der Waals surface area contributed by atoms with E-state index >= 15 is 0 Å². The number of hydrogen-bond acceptors (Lipinski definition) is 6. The van der Waals surface area contributed by atoms with Gasteiger partial charge in [0, 0.05) is 23.6 Å². The van der Waals surface area contributed by atoms with Crippen LogP contribution < -0.4 is 14.8 Å². The van der Waals surface area contributed by atoms with Gasteiger partial charge in [-0.3, -0.25) is 9.52 Å². The molecule has 0 bridgehead atoms. The number of anilines is 2. The molecule has 166 valence electrons. The van der Waals surface area contributed by atoms with Crippen LogP contribution in [0.2, 0.25) is 0 Å². The maximum Gasteiger partial charge on any atom is 0.321 e. The zero-order chi connectivity index (χ0) is 23.3. The lowest BCUT2D eigenvalue weighted by molar-refractivity contribution is 0.102. The van der Waals surface area contributed by atoms with Gasteiger partial charge < -0.3 is 10.1 Å². The van der Waals surface area contributed by atoms with E-state index in [2.05, 4.69) is 20.0 Å². The van der Waals surface area contributed by atoms with Gasteiger partial charge in [-0.2, -0.15) is 0 Å². The minimum Gasteiger partial charge on any atom is -0.424 e. The van der Waals surface area contributed by atoms with Gasteiger partial charge in [0.1, 0.15) is 11.6 Å². The Labute approximate surface area is 189 Å². The van der Waals surface area contributed by atoms with Crippen LogP contribution in [0.25, 0.3) is 0 Å². The van der Waals surface area contributed by atoms with Crippen molar-refractivity contribution in [2.24, 2.45) is 0 Å². The second-order valence-electron chi connectivity index (χ2n) is 6.73. The molecule has 0 atom stereocenters. The Balaban J connectivity index is 1.46. The molecule has 1 heterocycles. The van der Waals surface area contributed by atoms with Crippen molar-refractivity contribution in [3.05, 3.63) is 103 Å². The summed E-state index contributed by atoms with van der Waals surface area (Å²) in [4.78, 5) is 20.4. The maximum atomic E-state index is 13.8. The SMILES string of the molecule is O=C(Nc1ccc(Oc2ncccn2)cc1)c1cccc(S(=O)(=O)Nc2ccccc2F)c1. The average Bonchev–Trinajstić information content (AvgIpc) is 2.82. The highest BCUT2D eigenvalue weighted by Crippen LogP contribution is 2.22. The molecule has 0 aliphatic heterocycles. The lowest BCUT2D eigenvalue weighted by Crippen LogP contribution is -2.16. The number of nitrogens with zero attached hydrogens (tertiary/aromatic N) is 2. The quantitative estimate of drug-likeness (QED) is 0.418. The van der Waals surface area contributed by atoms with Crippen molar-refractivity contribution < 1.29 is 22.3 Å². The van der Waals surface area contributed by atoms with Crippen LogP contribution in [0, 0.1) is 5.82 Å². The molecule has 8 nitrogen and oxygen atoms in total. The van der Waals surface area contributed by atoms with Gasteiger partial charge in [-0.15, -0.1) is 0 Å². The summed E-state index contributed by atoms with van der Waals surface area (Å²) in [5.74, 6) is -0.745. The molecule has 0 saturated carbocycles. The molecule has 0 radical (unpaired) electrons. The zero-order valence-electron chi connectivity index (χ0n) is 17.0. The van der Waals surface area contributed by atoms with Crippen molar-refractivity contribution in [1.29, 1.82) is 0 Å². The first-order valence-corrected chi connectivity index (χ1v) is 11.1. The van der Waals surface area contributed by atoms with E-state index in [4.69, 9.17) is 4.74 Å². The van der Waals surface area contributed by atoms with Crippen LogP contribution in [-0.4, -0.2) is 24.3 Å². The Kier molecular flexibility index (Phi) is 6.27. The highest BCUT2D eigenvalue weighted by molar-refractivity contribution is 7.92. The second-order valence-corrected chi connectivity index (χ2v) is 8.41. The first-order valence-electron chi connectivity index (χ1n) is 9.64. The summed E-state index contributed by atoms with van der Waals surface area (Å²) in [6.07, 6.45) is 3.11. The Morgan fingerprint density at radius 2 is 1.61 bits per heavy atom. The molecule has 0 saturated heterocycles. The van der Waals surface area contributed by atoms with Crippen LogP contribution in [0.1, 0.15) is 10.4 Å². The topological polar surface area (TPSA) is 110 Å². The average molecular weight is 464 g/mol. The van der Waals surface area contributed by atoms with Crippen molar-refractivity contribution in [2.75, 3.05) is 10.0 Å². The van der Waals surface area contributed by atoms with Crippen molar-refractivity contribution >= 4 is 27.3 Å². The van der Waals surface area contributed by atoms with Crippen LogP contribution in [0.3, 0.4) is 0 Å². The van der Waals surface area contributed by atoms with E-state index in [-0.39, 0.29) is 22.2 Å². The molecule has 10 heteroatoms.